The number of amides is 1. The summed E-state index contributed by atoms with van der Waals surface area (Å²) in [6.07, 6.45) is 0. The molecule has 27 heavy (non-hydrogen) atoms. The molecule has 0 bridgehead atoms. The van der Waals surface area contributed by atoms with Gasteiger partial charge >= 0.3 is 0 Å². The number of nitro groups is 1. The minimum absolute atomic E-state index is 0.169. The predicted molar refractivity (Wildman–Crippen MR) is 108 cm³/mol. The van der Waals surface area contributed by atoms with Gasteiger partial charge in [-0.05, 0) is 39.5 Å². The van der Waals surface area contributed by atoms with E-state index in [9.17, 15) is 14.9 Å². The van der Waals surface area contributed by atoms with Crippen molar-refractivity contribution in [2.75, 3.05) is 5.32 Å². The van der Waals surface area contributed by atoms with Crippen LogP contribution in [0.3, 0.4) is 0 Å². The molecule has 7 nitrogen and oxygen atoms in total. The van der Waals surface area contributed by atoms with Crippen molar-refractivity contribution in [1.82, 2.24) is 10.2 Å². The third-order valence-corrected chi connectivity index (χ3v) is 5.43. The van der Waals surface area contributed by atoms with Crippen LogP contribution >= 0.6 is 27.3 Å². The largest absolute Gasteiger partial charge is 0.296 e. The summed E-state index contributed by atoms with van der Waals surface area (Å²) in [5.41, 5.74) is 2.14. The van der Waals surface area contributed by atoms with Crippen molar-refractivity contribution in [3.05, 3.63) is 68.2 Å². The van der Waals surface area contributed by atoms with E-state index in [1.807, 2.05) is 24.3 Å². The molecule has 0 aliphatic rings. The molecule has 0 aliphatic carbocycles. The number of anilines is 1. The molecule has 2 aromatic carbocycles. The molecular weight excluding hydrogens is 432 g/mol. The molecular formula is C18H15BrN4O3S. The zero-order valence-corrected chi connectivity index (χ0v) is 16.9. The van der Waals surface area contributed by atoms with Gasteiger partial charge in [0, 0.05) is 17.2 Å². The van der Waals surface area contributed by atoms with E-state index in [1.165, 1.54) is 35.1 Å². The van der Waals surface area contributed by atoms with Crippen molar-refractivity contribution >= 4 is 44.0 Å². The van der Waals surface area contributed by atoms with E-state index in [2.05, 4.69) is 45.3 Å². The van der Waals surface area contributed by atoms with E-state index in [0.717, 1.165) is 5.56 Å². The van der Waals surface area contributed by atoms with Crippen LogP contribution in [-0.4, -0.2) is 21.0 Å². The molecule has 0 spiro atoms. The van der Waals surface area contributed by atoms with Gasteiger partial charge in [0.15, 0.2) is 0 Å². The first-order valence-corrected chi connectivity index (χ1v) is 9.65. The van der Waals surface area contributed by atoms with Gasteiger partial charge in [-0.15, -0.1) is 10.2 Å². The van der Waals surface area contributed by atoms with E-state index < -0.39 is 10.8 Å². The molecule has 0 saturated heterocycles. The summed E-state index contributed by atoms with van der Waals surface area (Å²) in [5.74, 6) is -0.0401. The van der Waals surface area contributed by atoms with Crippen molar-refractivity contribution in [1.29, 1.82) is 0 Å². The molecule has 138 valence electrons. The molecule has 0 radical (unpaired) electrons. The SMILES string of the molecule is CC(C)c1ccc(-c2nnc(NC(=O)c3ccc(Br)c([N+](=O)[O-])c3)s2)cc1. The van der Waals surface area contributed by atoms with Gasteiger partial charge in [0.1, 0.15) is 5.01 Å². The Kier molecular flexibility index (Phi) is 5.62. The second-order valence-electron chi connectivity index (χ2n) is 6.07. The Hall–Kier alpha value is -2.65. The Morgan fingerprint density at radius 1 is 1.19 bits per heavy atom. The second-order valence-corrected chi connectivity index (χ2v) is 7.90. The number of halogens is 1. The third-order valence-electron chi connectivity index (χ3n) is 3.87. The van der Waals surface area contributed by atoms with Gasteiger partial charge < -0.3 is 0 Å². The fourth-order valence-electron chi connectivity index (χ4n) is 2.36. The van der Waals surface area contributed by atoms with Gasteiger partial charge in [-0.3, -0.25) is 20.2 Å². The lowest BCUT2D eigenvalue weighted by atomic mass is 10.0. The Balaban J connectivity index is 1.76. The Morgan fingerprint density at radius 2 is 1.89 bits per heavy atom. The van der Waals surface area contributed by atoms with Crippen molar-refractivity contribution in [3.63, 3.8) is 0 Å². The molecule has 0 unspecified atom stereocenters. The molecule has 1 amide bonds. The monoisotopic (exact) mass is 446 g/mol. The predicted octanol–water partition coefficient (Wildman–Crippen LogP) is 5.25. The molecule has 3 rings (SSSR count). The minimum atomic E-state index is -0.551. The van der Waals surface area contributed by atoms with Crippen LogP contribution in [0.1, 0.15) is 35.7 Å². The number of hydrogen-bond acceptors (Lipinski definition) is 6. The molecule has 9 heteroatoms. The molecule has 0 saturated carbocycles. The summed E-state index contributed by atoms with van der Waals surface area (Å²) in [7, 11) is 0. The number of hydrogen-bond donors (Lipinski definition) is 1. The quantitative estimate of drug-likeness (QED) is 0.426. The van der Waals surface area contributed by atoms with Gasteiger partial charge in [-0.2, -0.15) is 0 Å². The molecule has 0 fully saturated rings. The van der Waals surface area contributed by atoms with Gasteiger partial charge in [0.05, 0.1) is 9.40 Å². The number of benzene rings is 2. The number of carbonyl (C=O) groups is 1. The lowest BCUT2D eigenvalue weighted by Crippen LogP contribution is -2.12. The second kappa shape index (κ2) is 7.93. The fourth-order valence-corrected chi connectivity index (χ4v) is 3.50. The average Bonchev–Trinajstić information content (AvgIpc) is 3.10. The van der Waals surface area contributed by atoms with Crippen LogP contribution in [0.15, 0.2) is 46.9 Å². The van der Waals surface area contributed by atoms with Gasteiger partial charge in [0.25, 0.3) is 11.6 Å². The smallest absolute Gasteiger partial charge is 0.284 e. The highest BCUT2D eigenvalue weighted by atomic mass is 79.9. The van der Waals surface area contributed by atoms with Crippen LogP contribution in [0.4, 0.5) is 10.8 Å². The zero-order chi connectivity index (χ0) is 19.6. The highest BCUT2D eigenvalue weighted by Crippen LogP contribution is 2.29. The van der Waals surface area contributed by atoms with Crippen LogP contribution in [0, 0.1) is 10.1 Å². The summed E-state index contributed by atoms with van der Waals surface area (Å²) < 4.78 is 0.312. The fraction of sp³-hybridized carbons (Fsp3) is 0.167. The molecule has 0 atom stereocenters. The topological polar surface area (TPSA) is 98.0 Å². The maximum absolute atomic E-state index is 12.4. The molecule has 1 heterocycles. The minimum Gasteiger partial charge on any atom is -0.296 e. The van der Waals surface area contributed by atoms with Gasteiger partial charge in [-0.1, -0.05) is 49.4 Å². The maximum Gasteiger partial charge on any atom is 0.284 e. The Labute approximate surface area is 167 Å². The zero-order valence-electron chi connectivity index (χ0n) is 14.5. The highest BCUT2D eigenvalue weighted by Gasteiger charge is 2.17. The number of nitrogens with one attached hydrogen (secondary N) is 1. The van der Waals surface area contributed by atoms with Crippen LogP contribution in [-0.2, 0) is 0 Å². The summed E-state index contributed by atoms with van der Waals surface area (Å²) in [4.78, 5) is 22.8. The van der Waals surface area contributed by atoms with Crippen LogP contribution in [0.2, 0.25) is 0 Å². The van der Waals surface area contributed by atoms with E-state index in [4.69, 9.17) is 0 Å². The molecule has 3 aromatic rings. The van der Waals surface area contributed by atoms with Crippen molar-refractivity contribution in [3.8, 4) is 10.6 Å². The highest BCUT2D eigenvalue weighted by molar-refractivity contribution is 9.10. The van der Waals surface area contributed by atoms with Crippen LogP contribution in [0.25, 0.3) is 10.6 Å². The van der Waals surface area contributed by atoms with Gasteiger partial charge in [0.2, 0.25) is 5.13 Å². The molecule has 1 aromatic heterocycles. The first-order chi connectivity index (χ1) is 12.8. The molecule has 1 N–H and O–H groups in total. The van der Waals surface area contributed by atoms with E-state index in [0.29, 0.717) is 20.5 Å². The number of nitro benzene ring substituents is 1. The first-order valence-electron chi connectivity index (χ1n) is 8.04. The first kappa shape index (κ1) is 19.1. The van der Waals surface area contributed by atoms with Crippen LogP contribution in [0.5, 0.6) is 0 Å². The van der Waals surface area contributed by atoms with Crippen molar-refractivity contribution in [2.24, 2.45) is 0 Å². The number of carbonyl (C=O) groups excluding carboxylic acids is 1. The number of rotatable bonds is 5. The van der Waals surface area contributed by atoms with Gasteiger partial charge in [-0.25, -0.2) is 0 Å². The standard InChI is InChI=1S/C18H15BrN4O3S/c1-10(2)11-3-5-12(6-4-11)17-21-22-18(27-17)20-16(24)13-7-8-14(19)15(9-13)23(25)26/h3-10H,1-2H3,(H,20,22,24). The van der Waals surface area contributed by atoms with E-state index >= 15 is 0 Å². The normalized spacial score (nSPS) is 10.8. The Morgan fingerprint density at radius 3 is 2.52 bits per heavy atom. The lowest BCUT2D eigenvalue weighted by Gasteiger charge is -2.04. The Bertz CT molecular complexity index is 1000. The number of nitrogens with zero attached hydrogens (tertiary/aromatic N) is 3. The summed E-state index contributed by atoms with van der Waals surface area (Å²) in [5, 5.41) is 22.7. The van der Waals surface area contributed by atoms with Crippen LogP contribution < -0.4 is 5.32 Å². The maximum atomic E-state index is 12.4. The van der Waals surface area contributed by atoms with Crippen molar-refractivity contribution in [2.45, 2.75) is 19.8 Å². The summed E-state index contributed by atoms with van der Waals surface area (Å²) in [6.45, 7) is 4.25. The lowest BCUT2D eigenvalue weighted by molar-refractivity contribution is -0.385. The van der Waals surface area contributed by atoms with E-state index in [-0.39, 0.29) is 11.3 Å². The summed E-state index contributed by atoms with van der Waals surface area (Å²) in [6, 6.07) is 12.2. The third kappa shape index (κ3) is 4.37. The summed E-state index contributed by atoms with van der Waals surface area (Å²) >= 11 is 4.34. The van der Waals surface area contributed by atoms with E-state index in [1.54, 1.807) is 0 Å². The number of aromatic nitrogens is 2. The molecule has 0 aliphatic heterocycles. The van der Waals surface area contributed by atoms with Crippen molar-refractivity contribution < 1.29 is 9.72 Å². The average molecular weight is 447 g/mol.